The van der Waals surface area contributed by atoms with Crippen LogP contribution in [0, 0.1) is 23.5 Å². The van der Waals surface area contributed by atoms with Crippen molar-refractivity contribution in [3.8, 4) is 0 Å². The number of amides is 2. The summed E-state index contributed by atoms with van der Waals surface area (Å²) in [5.74, 6) is -7.60. The highest BCUT2D eigenvalue weighted by molar-refractivity contribution is 5.90. The third kappa shape index (κ3) is 3.88. The van der Waals surface area contributed by atoms with Crippen LogP contribution in [0.5, 0.6) is 0 Å². The van der Waals surface area contributed by atoms with Gasteiger partial charge in [0, 0.05) is 24.8 Å². The van der Waals surface area contributed by atoms with Crippen LogP contribution in [0.25, 0.3) is 0 Å². The number of nitrogens with zero attached hydrogens (tertiary/aromatic N) is 1. The van der Waals surface area contributed by atoms with E-state index in [9.17, 15) is 31.5 Å². The summed E-state index contributed by atoms with van der Waals surface area (Å²) < 4.78 is 64.5. The molecule has 2 atom stereocenters. The molecule has 0 aliphatic carbocycles. The second-order valence-corrected chi connectivity index (χ2v) is 5.09. The van der Waals surface area contributed by atoms with E-state index in [-0.39, 0.29) is 5.69 Å². The van der Waals surface area contributed by atoms with Gasteiger partial charge in [-0.05, 0) is 12.1 Å². The molecule has 0 unspecified atom stereocenters. The molecular weight excluding hydrogens is 327 g/mol. The summed E-state index contributed by atoms with van der Waals surface area (Å²) in [5, 5.41) is 10.9. The first-order valence-electron chi connectivity index (χ1n) is 6.39. The van der Waals surface area contributed by atoms with Crippen LogP contribution < -0.4 is 5.32 Å². The third-order valence-electron chi connectivity index (χ3n) is 3.46. The lowest BCUT2D eigenvalue weighted by Gasteiger charge is -2.18. The Balaban J connectivity index is 2.13. The van der Waals surface area contributed by atoms with Crippen molar-refractivity contribution in [2.24, 2.45) is 11.8 Å². The number of nitrogens with one attached hydrogen (secondary N) is 1. The van der Waals surface area contributed by atoms with Crippen LogP contribution >= 0.6 is 0 Å². The van der Waals surface area contributed by atoms with Crippen LogP contribution in [0.3, 0.4) is 0 Å². The first kappa shape index (κ1) is 17.0. The number of urea groups is 1. The van der Waals surface area contributed by atoms with Gasteiger partial charge in [-0.3, -0.25) is 4.79 Å². The zero-order valence-electron chi connectivity index (χ0n) is 11.4. The summed E-state index contributed by atoms with van der Waals surface area (Å²) in [5.41, 5.74) is -0.283. The van der Waals surface area contributed by atoms with Gasteiger partial charge in [0.05, 0.1) is 11.8 Å². The first-order valence-corrected chi connectivity index (χ1v) is 6.39. The number of aliphatic carboxylic acids is 1. The number of carboxylic acids is 1. The van der Waals surface area contributed by atoms with E-state index in [1.807, 2.05) is 5.32 Å². The summed E-state index contributed by atoms with van der Waals surface area (Å²) in [6.07, 6.45) is -4.77. The quantitative estimate of drug-likeness (QED) is 0.815. The van der Waals surface area contributed by atoms with Crippen molar-refractivity contribution < 1.29 is 36.6 Å². The summed E-state index contributed by atoms with van der Waals surface area (Å²) >= 11 is 0. The SMILES string of the molecule is O=C(O)[C@@H]1CN(C(=O)Nc2cc(F)cc(F)c2)C[C@H]1C(F)(F)F. The first-order chi connectivity index (χ1) is 10.6. The minimum Gasteiger partial charge on any atom is -0.481 e. The number of hydrogen-bond acceptors (Lipinski definition) is 2. The zero-order valence-corrected chi connectivity index (χ0v) is 11.4. The lowest BCUT2D eigenvalue weighted by atomic mass is 9.96. The van der Waals surface area contributed by atoms with Gasteiger partial charge in [0.1, 0.15) is 11.6 Å². The summed E-state index contributed by atoms with van der Waals surface area (Å²) in [7, 11) is 0. The minimum atomic E-state index is -4.77. The molecule has 126 valence electrons. The number of carboxylic acid groups (broad SMARTS) is 1. The Morgan fingerprint density at radius 2 is 1.70 bits per heavy atom. The molecule has 0 spiro atoms. The monoisotopic (exact) mass is 338 g/mol. The highest BCUT2D eigenvalue weighted by Gasteiger charge is 2.53. The highest BCUT2D eigenvalue weighted by atomic mass is 19.4. The largest absolute Gasteiger partial charge is 0.481 e. The lowest BCUT2D eigenvalue weighted by molar-refractivity contribution is -0.187. The molecule has 1 aromatic carbocycles. The van der Waals surface area contributed by atoms with Gasteiger partial charge in [-0.15, -0.1) is 0 Å². The third-order valence-corrected chi connectivity index (χ3v) is 3.46. The molecule has 1 aliphatic heterocycles. The number of benzene rings is 1. The van der Waals surface area contributed by atoms with Crippen LogP contribution in [-0.4, -0.2) is 41.3 Å². The second-order valence-electron chi connectivity index (χ2n) is 5.09. The smallest absolute Gasteiger partial charge is 0.394 e. The van der Waals surface area contributed by atoms with Crippen LogP contribution in [0.4, 0.5) is 32.4 Å². The number of hydrogen-bond donors (Lipinski definition) is 2. The lowest BCUT2D eigenvalue weighted by Crippen LogP contribution is -2.35. The Morgan fingerprint density at radius 3 is 2.13 bits per heavy atom. The Kier molecular flexibility index (Phi) is 4.44. The van der Waals surface area contributed by atoms with Gasteiger partial charge in [-0.25, -0.2) is 13.6 Å². The average Bonchev–Trinajstić information content (AvgIpc) is 2.82. The van der Waals surface area contributed by atoms with E-state index in [1.165, 1.54) is 0 Å². The fourth-order valence-corrected chi connectivity index (χ4v) is 2.38. The van der Waals surface area contributed by atoms with Crippen molar-refractivity contribution in [3.05, 3.63) is 29.8 Å². The molecule has 0 bridgehead atoms. The number of carbonyl (C=O) groups excluding carboxylic acids is 1. The molecule has 2 amide bonds. The standard InChI is InChI=1S/C13H11F5N2O3/c14-6-1-7(15)3-8(2-6)19-12(23)20-4-9(11(21)22)10(5-20)13(16,17)18/h1-3,9-10H,4-5H2,(H,19,23)(H,21,22)/t9-,10-/m1/s1. The molecule has 1 saturated heterocycles. The summed E-state index contributed by atoms with van der Waals surface area (Å²) in [6.45, 7) is -1.49. The molecule has 2 N–H and O–H groups in total. The normalized spacial score (nSPS) is 21.3. The Labute approximate surface area is 126 Å². The molecule has 2 rings (SSSR count). The molecule has 0 aromatic heterocycles. The molecule has 0 saturated carbocycles. The average molecular weight is 338 g/mol. The highest BCUT2D eigenvalue weighted by Crippen LogP contribution is 2.37. The van der Waals surface area contributed by atoms with Crippen molar-refractivity contribution in [2.45, 2.75) is 6.18 Å². The fraction of sp³-hybridized carbons (Fsp3) is 0.385. The zero-order chi connectivity index (χ0) is 17.4. The van der Waals surface area contributed by atoms with Crippen molar-refractivity contribution in [2.75, 3.05) is 18.4 Å². The van der Waals surface area contributed by atoms with Gasteiger partial charge in [-0.2, -0.15) is 13.2 Å². The molecule has 1 aromatic rings. The van der Waals surface area contributed by atoms with E-state index in [1.54, 1.807) is 0 Å². The number of carbonyl (C=O) groups is 2. The fourth-order valence-electron chi connectivity index (χ4n) is 2.38. The Hall–Kier alpha value is -2.39. The molecule has 5 nitrogen and oxygen atoms in total. The molecule has 1 aliphatic rings. The van der Waals surface area contributed by atoms with E-state index in [2.05, 4.69) is 0 Å². The predicted octanol–water partition coefficient (Wildman–Crippen LogP) is 2.69. The Bertz CT molecular complexity index is 614. The molecule has 1 heterocycles. The van der Waals surface area contributed by atoms with Gasteiger partial charge in [-0.1, -0.05) is 0 Å². The van der Waals surface area contributed by atoms with Gasteiger partial charge < -0.3 is 15.3 Å². The van der Waals surface area contributed by atoms with E-state index < -0.39 is 54.7 Å². The van der Waals surface area contributed by atoms with Gasteiger partial charge in [0.2, 0.25) is 0 Å². The van der Waals surface area contributed by atoms with E-state index in [4.69, 9.17) is 5.11 Å². The number of anilines is 1. The van der Waals surface area contributed by atoms with Crippen LogP contribution in [0.15, 0.2) is 18.2 Å². The van der Waals surface area contributed by atoms with Crippen molar-refractivity contribution >= 4 is 17.7 Å². The molecule has 0 radical (unpaired) electrons. The van der Waals surface area contributed by atoms with E-state index >= 15 is 0 Å². The number of halogens is 5. The Morgan fingerprint density at radius 1 is 1.13 bits per heavy atom. The van der Waals surface area contributed by atoms with Gasteiger partial charge >= 0.3 is 18.2 Å². The number of alkyl halides is 3. The topological polar surface area (TPSA) is 69.6 Å². The minimum absolute atomic E-state index is 0.283. The summed E-state index contributed by atoms with van der Waals surface area (Å²) in [6, 6.07) is 1.07. The van der Waals surface area contributed by atoms with E-state index in [0.29, 0.717) is 11.0 Å². The van der Waals surface area contributed by atoms with E-state index in [0.717, 1.165) is 12.1 Å². The maximum Gasteiger partial charge on any atom is 0.394 e. The molecule has 1 fully saturated rings. The van der Waals surface area contributed by atoms with Crippen LogP contribution in [0.2, 0.25) is 0 Å². The number of rotatable bonds is 2. The van der Waals surface area contributed by atoms with Crippen LogP contribution in [-0.2, 0) is 4.79 Å². The van der Waals surface area contributed by atoms with Gasteiger partial charge in [0.25, 0.3) is 0 Å². The van der Waals surface area contributed by atoms with Gasteiger partial charge in [0.15, 0.2) is 0 Å². The molecule has 23 heavy (non-hydrogen) atoms. The van der Waals surface area contributed by atoms with Crippen LogP contribution in [0.1, 0.15) is 0 Å². The molecular formula is C13H11F5N2O3. The predicted molar refractivity (Wildman–Crippen MR) is 67.6 cm³/mol. The summed E-state index contributed by atoms with van der Waals surface area (Å²) in [4.78, 5) is 23.5. The molecule has 10 heteroatoms. The number of likely N-dealkylation sites (tertiary alicyclic amines) is 1. The maximum absolute atomic E-state index is 13.0. The second kappa shape index (κ2) is 6.01. The van der Waals surface area contributed by atoms with Crippen molar-refractivity contribution in [3.63, 3.8) is 0 Å². The maximum atomic E-state index is 13.0. The van der Waals surface area contributed by atoms with Crippen molar-refractivity contribution in [1.82, 2.24) is 4.90 Å². The van der Waals surface area contributed by atoms with Crippen molar-refractivity contribution in [1.29, 1.82) is 0 Å².